The van der Waals surface area contributed by atoms with E-state index in [0.29, 0.717) is 5.92 Å². The third-order valence-corrected chi connectivity index (χ3v) is 2.89. The van der Waals surface area contributed by atoms with Gasteiger partial charge in [-0.05, 0) is 32.9 Å². The fourth-order valence-electron chi connectivity index (χ4n) is 1.95. The van der Waals surface area contributed by atoms with Crippen LogP contribution in [0.2, 0.25) is 0 Å². The van der Waals surface area contributed by atoms with E-state index in [2.05, 4.69) is 10.3 Å². The molecule has 0 bridgehead atoms. The molecule has 1 saturated heterocycles. The van der Waals surface area contributed by atoms with Crippen LogP contribution in [0.1, 0.15) is 37.9 Å². The highest BCUT2D eigenvalue weighted by Crippen LogP contribution is 2.18. The number of rotatable bonds is 2. The van der Waals surface area contributed by atoms with Gasteiger partial charge in [0.15, 0.2) is 0 Å². The van der Waals surface area contributed by atoms with Crippen LogP contribution in [-0.2, 0) is 0 Å². The van der Waals surface area contributed by atoms with Crippen LogP contribution in [0.5, 0.6) is 0 Å². The van der Waals surface area contributed by atoms with Gasteiger partial charge in [-0.1, -0.05) is 0 Å². The van der Waals surface area contributed by atoms with Gasteiger partial charge < -0.3 is 5.32 Å². The molecule has 0 aliphatic carbocycles. The Morgan fingerprint density at radius 2 is 2.40 bits per heavy atom. The van der Waals surface area contributed by atoms with Crippen LogP contribution in [0.15, 0.2) is 17.1 Å². The van der Waals surface area contributed by atoms with Crippen molar-refractivity contribution in [2.45, 2.75) is 32.2 Å². The molecule has 4 heteroatoms. The van der Waals surface area contributed by atoms with Gasteiger partial charge in [0.05, 0.1) is 5.69 Å². The van der Waals surface area contributed by atoms with Crippen LogP contribution >= 0.6 is 0 Å². The SMILES string of the molecule is CC(C)n1ccc(C2CCNC2)nc1=O. The lowest BCUT2D eigenvalue weighted by atomic mass is 10.1. The van der Waals surface area contributed by atoms with Crippen LogP contribution in [0, 0.1) is 0 Å². The molecular formula is C11H17N3O. The summed E-state index contributed by atoms with van der Waals surface area (Å²) in [5.41, 5.74) is 0.802. The van der Waals surface area contributed by atoms with Gasteiger partial charge in [-0.2, -0.15) is 4.98 Å². The number of hydrogen-bond acceptors (Lipinski definition) is 3. The number of nitrogens with zero attached hydrogens (tertiary/aromatic N) is 2. The average Bonchev–Trinajstić information content (AvgIpc) is 2.69. The largest absolute Gasteiger partial charge is 0.348 e. The van der Waals surface area contributed by atoms with Crippen molar-refractivity contribution in [1.29, 1.82) is 0 Å². The Morgan fingerprint density at radius 3 is 2.93 bits per heavy atom. The van der Waals surface area contributed by atoms with Gasteiger partial charge in [0, 0.05) is 24.7 Å². The quantitative estimate of drug-likeness (QED) is 0.783. The van der Waals surface area contributed by atoms with Gasteiger partial charge in [0.25, 0.3) is 0 Å². The zero-order valence-electron chi connectivity index (χ0n) is 9.23. The Hall–Kier alpha value is -1.16. The molecular weight excluding hydrogens is 190 g/mol. The predicted molar refractivity (Wildman–Crippen MR) is 59.1 cm³/mol. The zero-order valence-corrected chi connectivity index (χ0v) is 9.23. The Bertz CT molecular complexity index is 391. The maximum absolute atomic E-state index is 11.7. The lowest BCUT2D eigenvalue weighted by molar-refractivity contribution is 0.554. The summed E-state index contributed by atoms with van der Waals surface area (Å²) in [6, 6.07) is 2.15. The molecule has 1 aromatic heterocycles. The molecule has 1 aliphatic rings. The molecule has 1 aromatic rings. The molecule has 1 atom stereocenters. The molecule has 2 rings (SSSR count). The number of nitrogens with one attached hydrogen (secondary N) is 1. The van der Waals surface area contributed by atoms with Crippen molar-refractivity contribution in [2.24, 2.45) is 0 Å². The summed E-state index contributed by atoms with van der Waals surface area (Å²) < 4.78 is 1.66. The fraction of sp³-hybridized carbons (Fsp3) is 0.636. The summed E-state index contributed by atoms with van der Waals surface area (Å²) in [5, 5.41) is 3.28. The molecule has 1 unspecified atom stereocenters. The maximum atomic E-state index is 11.7. The Labute approximate surface area is 89.3 Å². The fourth-order valence-corrected chi connectivity index (χ4v) is 1.95. The molecule has 2 heterocycles. The highest BCUT2D eigenvalue weighted by molar-refractivity contribution is 5.09. The van der Waals surface area contributed by atoms with Crippen molar-refractivity contribution in [3.63, 3.8) is 0 Å². The first-order valence-electron chi connectivity index (χ1n) is 5.48. The predicted octanol–water partition coefficient (Wildman–Crippen LogP) is 0.901. The summed E-state index contributed by atoms with van der Waals surface area (Å²) in [5.74, 6) is 0.416. The van der Waals surface area contributed by atoms with Crippen LogP contribution in [-0.4, -0.2) is 22.6 Å². The highest BCUT2D eigenvalue weighted by Gasteiger charge is 2.18. The molecule has 15 heavy (non-hydrogen) atoms. The third kappa shape index (κ3) is 2.09. The van der Waals surface area contributed by atoms with Crippen molar-refractivity contribution in [2.75, 3.05) is 13.1 Å². The molecule has 0 amide bonds. The van der Waals surface area contributed by atoms with Gasteiger partial charge in [-0.3, -0.25) is 4.57 Å². The monoisotopic (exact) mass is 207 g/mol. The molecule has 0 aromatic carbocycles. The van der Waals surface area contributed by atoms with Crippen molar-refractivity contribution in [3.8, 4) is 0 Å². The smallest absolute Gasteiger partial charge is 0.316 e. The number of aromatic nitrogens is 2. The standard InChI is InChI=1S/C11H17N3O/c1-8(2)14-6-4-10(13-11(14)15)9-3-5-12-7-9/h4,6,8-9,12H,3,5,7H2,1-2H3. The van der Waals surface area contributed by atoms with Gasteiger partial charge in [-0.15, -0.1) is 0 Å². The Morgan fingerprint density at radius 1 is 1.60 bits per heavy atom. The van der Waals surface area contributed by atoms with Gasteiger partial charge >= 0.3 is 5.69 Å². The molecule has 1 N–H and O–H groups in total. The normalized spacial score (nSPS) is 21.1. The summed E-state index contributed by atoms with van der Waals surface area (Å²) in [6.07, 6.45) is 2.94. The van der Waals surface area contributed by atoms with Crippen LogP contribution in [0.25, 0.3) is 0 Å². The molecule has 0 radical (unpaired) electrons. The van der Waals surface area contributed by atoms with E-state index in [4.69, 9.17) is 0 Å². The average molecular weight is 207 g/mol. The first-order valence-corrected chi connectivity index (χ1v) is 5.48. The van der Waals surface area contributed by atoms with E-state index in [1.165, 1.54) is 0 Å². The minimum atomic E-state index is -0.130. The minimum absolute atomic E-state index is 0.130. The minimum Gasteiger partial charge on any atom is -0.316 e. The number of hydrogen-bond donors (Lipinski definition) is 1. The second kappa shape index (κ2) is 4.14. The lowest BCUT2D eigenvalue weighted by Gasteiger charge is -2.11. The summed E-state index contributed by atoms with van der Waals surface area (Å²) >= 11 is 0. The molecule has 1 fully saturated rings. The summed E-state index contributed by atoms with van der Waals surface area (Å²) in [7, 11) is 0. The third-order valence-electron chi connectivity index (χ3n) is 2.89. The molecule has 0 saturated carbocycles. The Kier molecular flexibility index (Phi) is 2.86. The van der Waals surface area contributed by atoms with Crippen molar-refractivity contribution < 1.29 is 0 Å². The second-order valence-electron chi connectivity index (χ2n) is 4.33. The van der Waals surface area contributed by atoms with Gasteiger partial charge in [0.2, 0.25) is 0 Å². The first kappa shape index (κ1) is 10.4. The second-order valence-corrected chi connectivity index (χ2v) is 4.33. The summed E-state index contributed by atoms with van der Waals surface area (Å²) in [6.45, 7) is 5.94. The van der Waals surface area contributed by atoms with Gasteiger partial charge in [0.1, 0.15) is 0 Å². The first-order chi connectivity index (χ1) is 7.18. The van der Waals surface area contributed by atoms with E-state index in [1.54, 1.807) is 4.57 Å². The topological polar surface area (TPSA) is 46.9 Å². The molecule has 1 aliphatic heterocycles. The van der Waals surface area contributed by atoms with E-state index in [0.717, 1.165) is 25.2 Å². The Balaban J connectivity index is 2.28. The summed E-state index contributed by atoms with van der Waals surface area (Å²) in [4.78, 5) is 15.8. The van der Waals surface area contributed by atoms with E-state index in [-0.39, 0.29) is 11.7 Å². The van der Waals surface area contributed by atoms with E-state index in [9.17, 15) is 4.79 Å². The van der Waals surface area contributed by atoms with Crippen molar-refractivity contribution >= 4 is 0 Å². The van der Waals surface area contributed by atoms with Crippen LogP contribution in [0.4, 0.5) is 0 Å². The molecule has 4 nitrogen and oxygen atoms in total. The van der Waals surface area contributed by atoms with Crippen molar-refractivity contribution in [3.05, 3.63) is 28.4 Å². The highest BCUT2D eigenvalue weighted by atomic mass is 16.1. The van der Waals surface area contributed by atoms with Crippen molar-refractivity contribution in [1.82, 2.24) is 14.9 Å². The molecule has 0 spiro atoms. The van der Waals surface area contributed by atoms with Crippen LogP contribution < -0.4 is 11.0 Å². The van der Waals surface area contributed by atoms with Crippen LogP contribution in [0.3, 0.4) is 0 Å². The zero-order chi connectivity index (χ0) is 10.8. The van der Waals surface area contributed by atoms with Gasteiger partial charge in [-0.25, -0.2) is 4.79 Å². The lowest BCUT2D eigenvalue weighted by Crippen LogP contribution is -2.26. The van der Waals surface area contributed by atoms with E-state index in [1.807, 2.05) is 26.1 Å². The maximum Gasteiger partial charge on any atom is 0.348 e. The van der Waals surface area contributed by atoms with E-state index < -0.39 is 0 Å². The van der Waals surface area contributed by atoms with E-state index >= 15 is 0 Å². The molecule has 82 valence electrons.